The minimum Gasteiger partial charge on any atom is -0.352 e. The molecular formula is C22H35N5O3. The van der Waals surface area contributed by atoms with Crippen molar-refractivity contribution in [1.29, 1.82) is 0 Å². The van der Waals surface area contributed by atoms with Gasteiger partial charge in [0.1, 0.15) is 0 Å². The van der Waals surface area contributed by atoms with Gasteiger partial charge >= 0.3 is 0 Å². The maximum absolute atomic E-state index is 12.7. The number of likely N-dealkylation sites (tertiary alicyclic amines) is 2. The third kappa shape index (κ3) is 4.53. The Morgan fingerprint density at radius 1 is 1.23 bits per heavy atom. The van der Waals surface area contributed by atoms with Gasteiger partial charge in [-0.1, -0.05) is 19.0 Å². The molecule has 1 N–H and O–H groups in total. The first-order valence-corrected chi connectivity index (χ1v) is 11.6. The van der Waals surface area contributed by atoms with E-state index in [9.17, 15) is 9.59 Å². The Morgan fingerprint density at radius 2 is 1.93 bits per heavy atom. The van der Waals surface area contributed by atoms with Crippen molar-refractivity contribution >= 4 is 11.8 Å². The lowest BCUT2D eigenvalue weighted by molar-refractivity contribution is -0.134. The molecule has 0 bridgehead atoms. The Balaban J connectivity index is 1.44. The number of aromatic nitrogens is 2. The molecular weight excluding hydrogens is 382 g/mol. The fourth-order valence-corrected chi connectivity index (χ4v) is 5.11. The standard InChI is InChI=1S/C22H35N5O3/c1-4-17(5-2)24-19(28)13-27-14-22(12-18(27)20-23-15(3)25-30-20)8-10-26(11-9-22)21(29)16-6-7-16/h16-18H,4-14H2,1-3H3,(H,24,28). The number of hydrogen-bond donors (Lipinski definition) is 1. The summed E-state index contributed by atoms with van der Waals surface area (Å²) in [6.07, 6.45) is 6.82. The molecule has 3 fully saturated rings. The third-order valence-corrected chi connectivity index (χ3v) is 7.19. The Labute approximate surface area is 178 Å². The Kier molecular flexibility index (Phi) is 6.14. The Hall–Kier alpha value is -1.96. The van der Waals surface area contributed by atoms with E-state index in [2.05, 4.69) is 39.1 Å². The average Bonchev–Trinajstić information content (AvgIpc) is 3.42. The van der Waals surface area contributed by atoms with Gasteiger partial charge in [-0.15, -0.1) is 0 Å². The van der Waals surface area contributed by atoms with Gasteiger partial charge in [-0.25, -0.2) is 0 Å². The van der Waals surface area contributed by atoms with Gasteiger partial charge in [-0.2, -0.15) is 4.98 Å². The van der Waals surface area contributed by atoms with Crippen molar-refractivity contribution in [3.05, 3.63) is 11.7 Å². The molecule has 1 saturated carbocycles. The van der Waals surface area contributed by atoms with E-state index in [1.165, 1.54) is 0 Å². The van der Waals surface area contributed by atoms with Gasteiger partial charge in [0.2, 0.25) is 17.7 Å². The molecule has 1 spiro atoms. The second-order valence-electron chi connectivity index (χ2n) is 9.49. The van der Waals surface area contributed by atoms with Gasteiger partial charge in [0.05, 0.1) is 12.6 Å². The molecule has 166 valence electrons. The normalized spacial score (nSPS) is 24.0. The summed E-state index contributed by atoms with van der Waals surface area (Å²) in [6.45, 7) is 8.83. The van der Waals surface area contributed by atoms with E-state index in [1.807, 2.05) is 6.92 Å². The van der Waals surface area contributed by atoms with Gasteiger partial charge in [0, 0.05) is 31.6 Å². The van der Waals surface area contributed by atoms with Crippen molar-refractivity contribution in [2.45, 2.75) is 77.8 Å². The molecule has 1 aromatic rings. The lowest BCUT2D eigenvalue weighted by atomic mass is 9.76. The van der Waals surface area contributed by atoms with Crippen LogP contribution in [0, 0.1) is 18.3 Å². The zero-order chi connectivity index (χ0) is 21.3. The number of carbonyl (C=O) groups excluding carboxylic acids is 2. The van der Waals surface area contributed by atoms with Crippen LogP contribution in [0.15, 0.2) is 4.52 Å². The molecule has 1 atom stereocenters. The molecule has 8 nitrogen and oxygen atoms in total. The number of carbonyl (C=O) groups is 2. The van der Waals surface area contributed by atoms with E-state index in [-0.39, 0.29) is 29.3 Å². The number of rotatable bonds is 7. The van der Waals surface area contributed by atoms with E-state index in [1.54, 1.807) is 0 Å². The van der Waals surface area contributed by atoms with Crippen LogP contribution in [0.5, 0.6) is 0 Å². The first-order chi connectivity index (χ1) is 14.4. The maximum atomic E-state index is 12.7. The number of hydrogen-bond acceptors (Lipinski definition) is 6. The first kappa shape index (κ1) is 21.3. The zero-order valence-corrected chi connectivity index (χ0v) is 18.5. The fraction of sp³-hybridized carbons (Fsp3) is 0.818. The topological polar surface area (TPSA) is 91.6 Å². The van der Waals surface area contributed by atoms with Gasteiger partial charge < -0.3 is 14.7 Å². The van der Waals surface area contributed by atoms with Gasteiger partial charge in [-0.05, 0) is 57.3 Å². The molecule has 2 saturated heterocycles. The van der Waals surface area contributed by atoms with E-state index in [4.69, 9.17) is 4.52 Å². The summed E-state index contributed by atoms with van der Waals surface area (Å²) in [6, 6.07) is 0.180. The molecule has 2 amide bonds. The second kappa shape index (κ2) is 8.65. The second-order valence-corrected chi connectivity index (χ2v) is 9.49. The van der Waals surface area contributed by atoms with E-state index in [0.29, 0.717) is 24.2 Å². The van der Waals surface area contributed by atoms with Crippen molar-refractivity contribution in [1.82, 2.24) is 25.3 Å². The van der Waals surface area contributed by atoms with Gasteiger partial charge in [0.25, 0.3) is 0 Å². The lowest BCUT2D eigenvalue weighted by Gasteiger charge is -2.39. The highest BCUT2D eigenvalue weighted by atomic mass is 16.5. The largest absolute Gasteiger partial charge is 0.352 e. The van der Waals surface area contributed by atoms with Crippen molar-refractivity contribution in [2.24, 2.45) is 11.3 Å². The third-order valence-electron chi connectivity index (χ3n) is 7.19. The fourth-order valence-electron chi connectivity index (χ4n) is 5.11. The first-order valence-electron chi connectivity index (χ1n) is 11.6. The molecule has 8 heteroatoms. The molecule has 4 rings (SSSR count). The molecule has 2 aliphatic heterocycles. The van der Waals surface area contributed by atoms with Crippen molar-refractivity contribution < 1.29 is 14.1 Å². The zero-order valence-electron chi connectivity index (χ0n) is 18.5. The lowest BCUT2D eigenvalue weighted by Crippen LogP contribution is -2.46. The van der Waals surface area contributed by atoms with E-state index in [0.717, 1.165) is 64.6 Å². The molecule has 1 unspecified atom stereocenters. The maximum Gasteiger partial charge on any atom is 0.244 e. The highest BCUT2D eigenvalue weighted by Crippen LogP contribution is 2.49. The SMILES string of the molecule is CCC(CC)NC(=O)CN1CC2(CCN(C(=O)C3CC3)CC2)CC1c1nc(C)no1. The number of nitrogens with zero attached hydrogens (tertiary/aromatic N) is 4. The van der Waals surface area contributed by atoms with Crippen LogP contribution in [0.2, 0.25) is 0 Å². The summed E-state index contributed by atoms with van der Waals surface area (Å²) in [5.41, 5.74) is 0.0998. The average molecular weight is 418 g/mol. The number of aryl methyl sites for hydroxylation is 1. The molecule has 0 aromatic carbocycles. The van der Waals surface area contributed by atoms with Crippen molar-refractivity contribution in [2.75, 3.05) is 26.2 Å². The molecule has 1 aromatic heterocycles. The van der Waals surface area contributed by atoms with Crippen LogP contribution in [0.4, 0.5) is 0 Å². The van der Waals surface area contributed by atoms with Gasteiger partial charge in [-0.3, -0.25) is 14.5 Å². The van der Waals surface area contributed by atoms with Crippen LogP contribution in [-0.4, -0.2) is 64.0 Å². The molecule has 30 heavy (non-hydrogen) atoms. The molecule has 0 radical (unpaired) electrons. The minimum absolute atomic E-state index is 0.0377. The van der Waals surface area contributed by atoms with Crippen LogP contribution in [-0.2, 0) is 9.59 Å². The summed E-state index contributed by atoms with van der Waals surface area (Å²) in [7, 11) is 0. The summed E-state index contributed by atoms with van der Waals surface area (Å²) in [5, 5.41) is 7.13. The number of amides is 2. The smallest absolute Gasteiger partial charge is 0.244 e. The van der Waals surface area contributed by atoms with Crippen molar-refractivity contribution in [3.63, 3.8) is 0 Å². The van der Waals surface area contributed by atoms with E-state index >= 15 is 0 Å². The van der Waals surface area contributed by atoms with Crippen LogP contribution >= 0.6 is 0 Å². The molecule has 1 aliphatic carbocycles. The molecule has 3 heterocycles. The van der Waals surface area contributed by atoms with E-state index < -0.39 is 0 Å². The highest BCUT2D eigenvalue weighted by Gasteiger charge is 2.49. The number of nitrogens with one attached hydrogen (secondary N) is 1. The molecule has 3 aliphatic rings. The van der Waals surface area contributed by atoms with Crippen LogP contribution < -0.4 is 5.32 Å². The Bertz CT molecular complexity index is 763. The summed E-state index contributed by atoms with van der Waals surface area (Å²) < 4.78 is 5.52. The van der Waals surface area contributed by atoms with Crippen LogP contribution in [0.25, 0.3) is 0 Å². The highest BCUT2D eigenvalue weighted by molar-refractivity contribution is 5.81. The minimum atomic E-state index is -0.0377. The van der Waals surface area contributed by atoms with Gasteiger partial charge in [0.15, 0.2) is 5.82 Å². The summed E-state index contributed by atoms with van der Waals surface area (Å²) >= 11 is 0. The van der Waals surface area contributed by atoms with Crippen LogP contribution in [0.1, 0.15) is 76.6 Å². The number of piperidine rings is 1. The Morgan fingerprint density at radius 3 is 2.50 bits per heavy atom. The van der Waals surface area contributed by atoms with Crippen molar-refractivity contribution in [3.8, 4) is 0 Å². The summed E-state index contributed by atoms with van der Waals surface area (Å²) in [5.74, 6) is 1.91. The predicted molar refractivity (Wildman–Crippen MR) is 111 cm³/mol. The van der Waals surface area contributed by atoms with Crippen LogP contribution in [0.3, 0.4) is 0 Å². The quantitative estimate of drug-likeness (QED) is 0.733. The monoisotopic (exact) mass is 417 g/mol. The summed E-state index contributed by atoms with van der Waals surface area (Å²) in [4.78, 5) is 33.9. The predicted octanol–water partition coefficient (Wildman–Crippen LogP) is 2.45.